The van der Waals surface area contributed by atoms with Gasteiger partial charge in [0.05, 0.1) is 6.10 Å². The fourth-order valence-corrected chi connectivity index (χ4v) is 2.58. The third-order valence-corrected chi connectivity index (χ3v) is 3.68. The number of phenolic OH excluding ortho intramolecular Hbond substituents is 1. The molecule has 1 atom stereocenters. The van der Waals surface area contributed by atoms with E-state index in [9.17, 15) is 14.5 Å². The van der Waals surface area contributed by atoms with Crippen molar-refractivity contribution in [2.75, 3.05) is 0 Å². The molecule has 0 saturated heterocycles. The molecule has 0 aromatic heterocycles. The van der Waals surface area contributed by atoms with Gasteiger partial charge in [-0.2, -0.15) is 0 Å². The molecule has 1 heterocycles. The highest BCUT2D eigenvalue weighted by molar-refractivity contribution is 6.43. The topological polar surface area (TPSA) is 49.7 Å². The molecule has 1 aliphatic heterocycles. The standard InChI is InChI=1S/C17H22BFO3/c1-2-4-13(6-8-15-5-3-10-18(21)22-15)11-14-7-9-17(20)16(19)12-14/h3,5,7,9,11-12,15,20-21H,2,4,6,8,10H2,1H3/b13-11+/t15-/m0/s1. The number of benzene rings is 1. The lowest BCUT2D eigenvalue weighted by Gasteiger charge is -2.20. The normalized spacial score (nSPS) is 18.8. The molecule has 0 spiro atoms. The molecule has 0 aliphatic carbocycles. The van der Waals surface area contributed by atoms with Crippen molar-refractivity contribution in [3.05, 3.63) is 47.3 Å². The van der Waals surface area contributed by atoms with Crippen molar-refractivity contribution in [1.82, 2.24) is 0 Å². The van der Waals surface area contributed by atoms with Gasteiger partial charge in [-0.15, -0.1) is 0 Å². The summed E-state index contributed by atoms with van der Waals surface area (Å²) in [6.45, 7) is 2.10. The Bertz CT molecular complexity index is 557. The first-order valence-corrected chi connectivity index (χ1v) is 7.76. The summed E-state index contributed by atoms with van der Waals surface area (Å²) in [5.74, 6) is -0.935. The van der Waals surface area contributed by atoms with Gasteiger partial charge in [0.1, 0.15) is 0 Å². The summed E-state index contributed by atoms with van der Waals surface area (Å²) in [5, 5.41) is 18.7. The van der Waals surface area contributed by atoms with Gasteiger partial charge in [-0.25, -0.2) is 4.39 Å². The Balaban J connectivity index is 2.02. The average Bonchev–Trinajstić information content (AvgIpc) is 2.49. The van der Waals surface area contributed by atoms with Gasteiger partial charge in [-0.05, 0) is 37.0 Å². The number of aromatic hydroxyl groups is 1. The van der Waals surface area contributed by atoms with Crippen molar-refractivity contribution in [3.63, 3.8) is 0 Å². The number of phenols is 1. The zero-order valence-corrected chi connectivity index (χ0v) is 12.8. The fourth-order valence-electron chi connectivity index (χ4n) is 2.58. The van der Waals surface area contributed by atoms with Crippen LogP contribution >= 0.6 is 0 Å². The van der Waals surface area contributed by atoms with E-state index in [0.29, 0.717) is 6.32 Å². The van der Waals surface area contributed by atoms with Crippen LogP contribution in [0.15, 0.2) is 35.9 Å². The van der Waals surface area contributed by atoms with E-state index in [-0.39, 0.29) is 11.9 Å². The predicted molar refractivity (Wildman–Crippen MR) is 87.0 cm³/mol. The number of halogens is 1. The molecule has 118 valence electrons. The lowest BCUT2D eigenvalue weighted by atomic mass is 9.82. The Morgan fingerprint density at radius 3 is 2.95 bits per heavy atom. The first-order chi connectivity index (χ1) is 10.6. The molecule has 1 aromatic rings. The molecule has 0 radical (unpaired) electrons. The maximum atomic E-state index is 13.4. The van der Waals surface area contributed by atoms with E-state index in [2.05, 4.69) is 6.92 Å². The van der Waals surface area contributed by atoms with Crippen LogP contribution in [-0.4, -0.2) is 23.4 Å². The van der Waals surface area contributed by atoms with Gasteiger partial charge in [0, 0.05) is 6.32 Å². The monoisotopic (exact) mass is 304 g/mol. The van der Waals surface area contributed by atoms with Crippen LogP contribution in [0.3, 0.4) is 0 Å². The molecule has 2 rings (SSSR count). The highest BCUT2D eigenvalue weighted by Gasteiger charge is 2.20. The first kappa shape index (κ1) is 16.8. The van der Waals surface area contributed by atoms with Gasteiger partial charge in [-0.1, -0.05) is 43.2 Å². The van der Waals surface area contributed by atoms with E-state index in [1.165, 1.54) is 17.7 Å². The SMILES string of the molecule is CCC/C(=C\c1ccc(O)c(F)c1)CC[C@@H]1C=CCB(O)O1. The molecule has 1 aliphatic rings. The minimum Gasteiger partial charge on any atom is -0.505 e. The Labute approximate surface area is 131 Å². The van der Waals surface area contributed by atoms with Crippen molar-refractivity contribution in [1.29, 1.82) is 0 Å². The molecule has 0 saturated carbocycles. The van der Waals surface area contributed by atoms with Crippen LogP contribution in [0.5, 0.6) is 5.75 Å². The second kappa shape index (κ2) is 8.15. The van der Waals surface area contributed by atoms with Gasteiger partial charge in [-0.3, -0.25) is 0 Å². The molecule has 2 N–H and O–H groups in total. The fraction of sp³-hybridized carbons (Fsp3) is 0.412. The maximum Gasteiger partial charge on any atom is 0.458 e. The van der Waals surface area contributed by atoms with Gasteiger partial charge < -0.3 is 14.8 Å². The predicted octanol–water partition coefficient (Wildman–Crippen LogP) is 3.93. The average molecular weight is 304 g/mol. The zero-order chi connectivity index (χ0) is 15.9. The lowest BCUT2D eigenvalue weighted by molar-refractivity contribution is 0.192. The summed E-state index contributed by atoms with van der Waals surface area (Å²) >= 11 is 0. The lowest BCUT2D eigenvalue weighted by Crippen LogP contribution is -2.27. The van der Waals surface area contributed by atoms with Crippen LogP contribution in [0.2, 0.25) is 6.32 Å². The molecule has 3 nitrogen and oxygen atoms in total. The largest absolute Gasteiger partial charge is 0.505 e. The second-order valence-corrected chi connectivity index (χ2v) is 5.60. The van der Waals surface area contributed by atoms with Crippen LogP contribution in [0.25, 0.3) is 6.08 Å². The Morgan fingerprint density at radius 2 is 2.27 bits per heavy atom. The minimum absolute atomic E-state index is 0.0689. The summed E-state index contributed by atoms with van der Waals surface area (Å²) in [4.78, 5) is 0. The molecule has 0 unspecified atom stereocenters. The molecular formula is C17H22BFO3. The molecule has 0 bridgehead atoms. The van der Waals surface area contributed by atoms with E-state index in [1.54, 1.807) is 6.07 Å². The van der Waals surface area contributed by atoms with Gasteiger partial charge >= 0.3 is 7.12 Å². The van der Waals surface area contributed by atoms with E-state index < -0.39 is 12.9 Å². The van der Waals surface area contributed by atoms with Crippen molar-refractivity contribution in [2.24, 2.45) is 0 Å². The van der Waals surface area contributed by atoms with Crippen LogP contribution < -0.4 is 0 Å². The number of rotatable bonds is 6. The van der Waals surface area contributed by atoms with Crippen molar-refractivity contribution < 1.29 is 19.2 Å². The summed E-state index contributed by atoms with van der Waals surface area (Å²) < 4.78 is 18.8. The molecular weight excluding hydrogens is 282 g/mol. The first-order valence-electron chi connectivity index (χ1n) is 7.76. The summed E-state index contributed by atoms with van der Waals surface area (Å²) in [7, 11) is -0.709. The van der Waals surface area contributed by atoms with Crippen LogP contribution in [0.1, 0.15) is 38.2 Å². The Hall–Kier alpha value is -1.59. The molecule has 0 fully saturated rings. The van der Waals surface area contributed by atoms with E-state index in [4.69, 9.17) is 4.65 Å². The highest BCUT2D eigenvalue weighted by Crippen LogP contribution is 2.23. The van der Waals surface area contributed by atoms with E-state index >= 15 is 0 Å². The van der Waals surface area contributed by atoms with Crippen molar-refractivity contribution in [3.8, 4) is 5.75 Å². The molecule has 5 heteroatoms. The molecule has 0 amide bonds. The third kappa shape index (κ3) is 5.00. The number of hydrogen-bond acceptors (Lipinski definition) is 3. The zero-order valence-electron chi connectivity index (χ0n) is 12.8. The second-order valence-electron chi connectivity index (χ2n) is 5.60. The van der Waals surface area contributed by atoms with Crippen molar-refractivity contribution >= 4 is 13.2 Å². The quantitative estimate of drug-likeness (QED) is 0.618. The highest BCUT2D eigenvalue weighted by atomic mass is 19.1. The maximum absolute atomic E-state index is 13.4. The van der Waals surface area contributed by atoms with Gasteiger partial charge in [0.25, 0.3) is 0 Å². The Kier molecular flexibility index (Phi) is 6.22. The van der Waals surface area contributed by atoms with Gasteiger partial charge in [0.15, 0.2) is 11.6 Å². The van der Waals surface area contributed by atoms with E-state index in [1.807, 2.05) is 18.2 Å². The third-order valence-electron chi connectivity index (χ3n) is 3.68. The summed E-state index contributed by atoms with van der Waals surface area (Å²) in [6, 6.07) is 4.41. The van der Waals surface area contributed by atoms with Crippen molar-refractivity contribution in [2.45, 2.75) is 45.0 Å². The summed E-state index contributed by atoms with van der Waals surface area (Å²) in [5.41, 5.74) is 1.96. The van der Waals surface area contributed by atoms with Crippen LogP contribution in [-0.2, 0) is 4.65 Å². The van der Waals surface area contributed by atoms with Crippen LogP contribution in [0.4, 0.5) is 4.39 Å². The number of hydrogen-bond donors (Lipinski definition) is 2. The number of allylic oxidation sites excluding steroid dienone is 2. The molecule has 1 aromatic carbocycles. The van der Waals surface area contributed by atoms with Crippen LogP contribution in [0, 0.1) is 5.82 Å². The Morgan fingerprint density at radius 1 is 1.45 bits per heavy atom. The molecule has 22 heavy (non-hydrogen) atoms. The smallest absolute Gasteiger partial charge is 0.458 e. The van der Waals surface area contributed by atoms with Gasteiger partial charge in [0.2, 0.25) is 0 Å². The summed E-state index contributed by atoms with van der Waals surface area (Å²) in [6.07, 6.45) is 9.93. The minimum atomic E-state index is -0.709. The van der Waals surface area contributed by atoms with E-state index in [0.717, 1.165) is 31.2 Å².